The molecule has 0 radical (unpaired) electrons. The van der Waals surface area contributed by atoms with E-state index in [0.29, 0.717) is 11.8 Å². The second-order valence-electron chi connectivity index (χ2n) is 7.17. The van der Waals surface area contributed by atoms with Gasteiger partial charge in [0.2, 0.25) is 0 Å². The van der Waals surface area contributed by atoms with Crippen molar-refractivity contribution in [3.05, 3.63) is 71.3 Å². The van der Waals surface area contributed by atoms with Gasteiger partial charge in [0.05, 0.1) is 5.69 Å². The van der Waals surface area contributed by atoms with Crippen LogP contribution in [-0.4, -0.2) is 9.55 Å². The molecular formula is C22H25FN2. The molecule has 0 saturated heterocycles. The van der Waals surface area contributed by atoms with E-state index < -0.39 is 0 Å². The fourth-order valence-corrected chi connectivity index (χ4v) is 3.35. The van der Waals surface area contributed by atoms with Crippen molar-refractivity contribution in [3.63, 3.8) is 0 Å². The monoisotopic (exact) mass is 336 g/mol. The fraction of sp³-hybridized carbons (Fsp3) is 0.318. The quantitative estimate of drug-likeness (QED) is 0.552. The van der Waals surface area contributed by atoms with Crippen LogP contribution >= 0.6 is 0 Å². The number of rotatable bonds is 4. The summed E-state index contributed by atoms with van der Waals surface area (Å²) in [4.78, 5) is 4.59. The Kier molecular flexibility index (Phi) is 4.76. The maximum absolute atomic E-state index is 13.5. The van der Waals surface area contributed by atoms with Crippen LogP contribution in [0.25, 0.3) is 17.1 Å². The molecule has 0 spiro atoms. The predicted molar refractivity (Wildman–Crippen MR) is 102 cm³/mol. The summed E-state index contributed by atoms with van der Waals surface area (Å²) >= 11 is 0. The maximum Gasteiger partial charge on any atom is 0.144 e. The minimum absolute atomic E-state index is 0.218. The Morgan fingerprint density at radius 2 is 1.60 bits per heavy atom. The average Bonchev–Trinajstić information content (AvgIpc) is 3.02. The van der Waals surface area contributed by atoms with E-state index in [9.17, 15) is 4.39 Å². The van der Waals surface area contributed by atoms with Crippen LogP contribution in [0.2, 0.25) is 0 Å². The first-order chi connectivity index (χ1) is 11.9. The van der Waals surface area contributed by atoms with E-state index in [0.717, 1.165) is 17.0 Å². The highest BCUT2D eigenvalue weighted by molar-refractivity contribution is 5.65. The number of para-hydroxylation sites is 1. The molecule has 0 aliphatic carbocycles. The second-order valence-corrected chi connectivity index (χ2v) is 7.17. The zero-order valence-corrected chi connectivity index (χ0v) is 15.5. The number of hydrogen-bond donors (Lipinski definition) is 0. The molecule has 0 atom stereocenters. The van der Waals surface area contributed by atoms with Crippen LogP contribution in [0.3, 0.4) is 0 Å². The minimum Gasteiger partial charge on any atom is -0.299 e. The van der Waals surface area contributed by atoms with Crippen molar-refractivity contribution < 1.29 is 4.39 Å². The van der Waals surface area contributed by atoms with Crippen LogP contribution in [0.15, 0.2) is 48.8 Å². The van der Waals surface area contributed by atoms with Gasteiger partial charge in [-0.05, 0) is 53.6 Å². The van der Waals surface area contributed by atoms with Crippen molar-refractivity contribution in [2.45, 2.75) is 46.5 Å². The van der Waals surface area contributed by atoms with Gasteiger partial charge in [-0.1, -0.05) is 45.9 Å². The minimum atomic E-state index is -0.218. The summed E-state index contributed by atoms with van der Waals surface area (Å²) in [5.41, 5.74) is 5.64. The predicted octanol–water partition coefficient (Wildman–Crippen LogP) is 6.23. The van der Waals surface area contributed by atoms with Crippen LogP contribution in [0, 0.1) is 12.7 Å². The summed E-state index contributed by atoms with van der Waals surface area (Å²) in [5.74, 6) is 1.44. The highest BCUT2D eigenvalue weighted by atomic mass is 19.1. The molecule has 130 valence electrons. The number of hydrogen-bond acceptors (Lipinski definition) is 1. The van der Waals surface area contributed by atoms with Crippen LogP contribution in [0.5, 0.6) is 0 Å². The van der Waals surface area contributed by atoms with Gasteiger partial charge in [-0.15, -0.1) is 0 Å². The number of aromatic nitrogens is 2. The summed E-state index contributed by atoms with van der Waals surface area (Å²) in [6.07, 6.45) is 3.82. The molecule has 3 rings (SSSR count). The van der Waals surface area contributed by atoms with Gasteiger partial charge in [0, 0.05) is 18.0 Å². The average molecular weight is 336 g/mol. The van der Waals surface area contributed by atoms with Crippen molar-refractivity contribution in [2.24, 2.45) is 0 Å². The van der Waals surface area contributed by atoms with Crippen molar-refractivity contribution in [1.29, 1.82) is 0 Å². The third kappa shape index (κ3) is 3.23. The molecule has 1 aromatic heterocycles. The molecule has 0 saturated carbocycles. The molecule has 3 aromatic rings. The van der Waals surface area contributed by atoms with Gasteiger partial charge in [-0.25, -0.2) is 9.37 Å². The number of benzene rings is 2. The third-order valence-electron chi connectivity index (χ3n) is 4.65. The Hall–Kier alpha value is -2.42. The lowest BCUT2D eigenvalue weighted by molar-refractivity contribution is 0.627. The summed E-state index contributed by atoms with van der Waals surface area (Å²) in [5, 5.41) is 0. The molecule has 0 aliphatic rings. The molecule has 0 amide bonds. The molecule has 0 N–H and O–H groups in total. The van der Waals surface area contributed by atoms with Crippen LogP contribution in [-0.2, 0) is 0 Å². The lowest BCUT2D eigenvalue weighted by Gasteiger charge is -2.22. The number of imidazole rings is 1. The standard InChI is InChI=1S/C22H25FN2/c1-14(2)18-7-6-8-19(15(3)4)21(18)25-12-11-24-22(25)20-10-9-17(23)13-16(20)5/h6-15H,1-5H3. The molecule has 2 aromatic carbocycles. The Morgan fingerprint density at radius 1 is 0.960 bits per heavy atom. The van der Waals surface area contributed by atoms with Gasteiger partial charge < -0.3 is 0 Å². The highest BCUT2D eigenvalue weighted by Crippen LogP contribution is 2.34. The third-order valence-corrected chi connectivity index (χ3v) is 4.65. The van der Waals surface area contributed by atoms with Crippen molar-refractivity contribution in [1.82, 2.24) is 9.55 Å². The van der Waals surface area contributed by atoms with Crippen molar-refractivity contribution in [2.75, 3.05) is 0 Å². The number of halogens is 1. The van der Waals surface area contributed by atoms with Gasteiger partial charge in [0.15, 0.2) is 0 Å². The van der Waals surface area contributed by atoms with Gasteiger partial charge in [-0.3, -0.25) is 4.57 Å². The van der Waals surface area contributed by atoms with Gasteiger partial charge in [0.1, 0.15) is 11.6 Å². The van der Waals surface area contributed by atoms with E-state index in [1.807, 2.05) is 25.4 Å². The molecule has 3 heteroatoms. The molecule has 0 aliphatic heterocycles. The van der Waals surface area contributed by atoms with Crippen LogP contribution in [0.1, 0.15) is 56.2 Å². The molecule has 0 unspecified atom stereocenters. The zero-order valence-electron chi connectivity index (χ0n) is 15.5. The summed E-state index contributed by atoms with van der Waals surface area (Å²) in [6, 6.07) is 11.4. The zero-order chi connectivity index (χ0) is 18.1. The Morgan fingerprint density at radius 3 is 2.16 bits per heavy atom. The fourth-order valence-electron chi connectivity index (χ4n) is 3.35. The lowest BCUT2D eigenvalue weighted by atomic mass is 9.92. The normalized spacial score (nSPS) is 11.5. The number of aryl methyl sites for hydroxylation is 1. The van der Waals surface area contributed by atoms with Gasteiger partial charge in [-0.2, -0.15) is 0 Å². The Labute approximate surface area is 149 Å². The van der Waals surface area contributed by atoms with E-state index in [2.05, 4.69) is 55.4 Å². The van der Waals surface area contributed by atoms with Crippen molar-refractivity contribution >= 4 is 0 Å². The SMILES string of the molecule is Cc1cc(F)ccc1-c1nccn1-c1c(C(C)C)cccc1C(C)C. The molecule has 1 heterocycles. The van der Waals surface area contributed by atoms with Crippen LogP contribution < -0.4 is 0 Å². The largest absolute Gasteiger partial charge is 0.299 e. The highest BCUT2D eigenvalue weighted by Gasteiger charge is 2.19. The van der Waals surface area contributed by atoms with E-state index in [-0.39, 0.29) is 5.82 Å². The Balaban J connectivity index is 2.28. The molecule has 0 bridgehead atoms. The topological polar surface area (TPSA) is 17.8 Å². The first kappa shape index (κ1) is 17.4. The van der Waals surface area contributed by atoms with E-state index >= 15 is 0 Å². The van der Waals surface area contributed by atoms with E-state index in [1.54, 1.807) is 6.07 Å². The molecule has 0 fully saturated rings. The van der Waals surface area contributed by atoms with Gasteiger partial charge >= 0.3 is 0 Å². The lowest BCUT2D eigenvalue weighted by Crippen LogP contribution is -2.08. The first-order valence-corrected chi connectivity index (χ1v) is 8.83. The summed E-state index contributed by atoms with van der Waals surface area (Å²) in [6.45, 7) is 10.8. The maximum atomic E-state index is 13.5. The number of nitrogens with zero attached hydrogens (tertiary/aromatic N) is 2. The first-order valence-electron chi connectivity index (χ1n) is 8.83. The van der Waals surface area contributed by atoms with Crippen LogP contribution in [0.4, 0.5) is 4.39 Å². The summed E-state index contributed by atoms with van der Waals surface area (Å²) in [7, 11) is 0. The van der Waals surface area contributed by atoms with E-state index in [1.165, 1.54) is 22.9 Å². The second kappa shape index (κ2) is 6.83. The smallest absolute Gasteiger partial charge is 0.144 e. The molecule has 25 heavy (non-hydrogen) atoms. The Bertz CT molecular complexity index is 865. The molecular weight excluding hydrogens is 311 g/mol. The van der Waals surface area contributed by atoms with Gasteiger partial charge in [0.25, 0.3) is 0 Å². The summed E-state index contributed by atoms with van der Waals surface area (Å²) < 4.78 is 15.7. The van der Waals surface area contributed by atoms with E-state index in [4.69, 9.17) is 0 Å². The molecule has 2 nitrogen and oxygen atoms in total. The van der Waals surface area contributed by atoms with Crippen molar-refractivity contribution in [3.8, 4) is 17.1 Å².